The van der Waals surface area contributed by atoms with E-state index >= 15 is 0 Å². The summed E-state index contributed by atoms with van der Waals surface area (Å²) >= 11 is 5.87. The van der Waals surface area contributed by atoms with Crippen LogP contribution in [0.1, 0.15) is 48.1 Å². The molecule has 0 amide bonds. The lowest BCUT2D eigenvalue weighted by Crippen LogP contribution is -2.23. The Hall–Kier alpha value is -3.30. The molecule has 7 heteroatoms. The number of aryl methyl sites for hydroxylation is 1. The molecule has 0 unspecified atom stereocenters. The number of nitrogen functional groups attached to an aromatic ring is 1. The van der Waals surface area contributed by atoms with Crippen molar-refractivity contribution in [2.45, 2.75) is 45.1 Å². The Kier molecular flexibility index (Phi) is 7.00. The Morgan fingerprint density at radius 1 is 1.12 bits per heavy atom. The van der Waals surface area contributed by atoms with Crippen molar-refractivity contribution in [2.75, 3.05) is 12.8 Å². The van der Waals surface area contributed by atoms with Gasteiger partial charge >= 0.3 is 0 Å². The highest BCUT2D eigenvalue weighted by molar-refractivity contribution is 6.30. The second-order valence-corrected chi connectivity index (χ2v) is 8.57. The Balaban J connectivity index is 1.76. The van der Waals surface area contributed by atoms with E-state index in [9.17, 15) is 9.65 Å². The minimum atomic E-state index is -0.498. The van der Waals surface area contributed by atoms with Gasteiger partial charge in [-0.15, -0.1) is 0 Å². The van der Waals surface area contributed by atoms with Crippen LogP contribution in [0.15, 0.2) is 36.4 Å². The molecule has 0 saturated heterocycles. The molecule has 0 aliphatic heterocycles. The molecule has 33 heavy (non-hydrogen) atoms. The molecule has 3 N–H and O–H groups in total. The molecule has 1 aromatic heterocycles. The predicted octanol–water partition coefficient (Wildman–Crippen LogP) is 5.66. The first-order chi connectivity index (χ1) is 16.0. The number of nitrogens with one attached hydrogen (secondary N) is 1. The van der Waals surface area contributed by atoms with E-state index < -0.39 is 5.82 Å². The van der Waals surface area contributed by atoms with Crippen LogP contribution in [0.3, 0.4) is 0 Å². The largest absolute Gasteiger partial charge is 0.496 e. The number of aromatic amines is 1. The number of hydrogen-bond acceptors (Lipinski definition) is 4. The normalized spacial score (nSPS) is 13.4. The van der Waals surface area contributed by atoms with Gasteiger partial charge in [-0.05, 0) is 49.1 Å². The van der Waals surface area contributed by atoms with E-state index in [1.807, 2.05) is 18.2 Å². The third kappa shape index (κ3) is 4.89. The van der Waals surface area contributed by atoms with Crippen LogP contribution >= 0.6 is 11.6 Å². The van der Waals surface area contributed by atoms with E-state index in [1.165, 1.54) is 31.0 Å². The fraction of sp³-hybridized carbons (Fsp3) is 0.308. The number of rotatable bonds is 5. The lowest BCUT2D eigenvalue weighted by Gasteiger charge is -2.19. The Bertz CT molecular complexity index is 1220. The Labute approximate surface area is 197 Å². The zero-order valence-electron chi connectivity index (χ0n) is 18.5. The zero-order valence-corrected chi connectivity index (χ0v) is 19.3. The molecule has 0 fully saturated rings. The number of methoxy groups -OCH3 is 1. The number of fused-ring (bicyclic) bond motifs is 1. The fourth-order valence-corrected chi connectivity index (χ4v) is 4.56. The number of H-pyrrole nitrogens is 1. The number of hydrogen-bond donors (Lipinski definition) is 1. The topological polar surface area (TPSA) is 82.4 Å². The second-order valence-electron chi connectivity index (χ2n) is 8.16. The van der Waals surface area contributed by atoms with Gasteiger partial charge in [0.15, 0.2) is 0 Å². The van der Waals surface area contributed by atoms with Crippen molar-refractivity contribution in [1.29, 1.82) is 5.26 Å². The van der Waals surface area contributed by atoms with E-state index in [1.54, 1.807) is 7.11 Å². The van der Waals surface area contributed by atoms with E-state index in [0.29, 0.717) is 22.9 Å². The van der Waals surface area contributed by atoms with Crippen molar-refractivity contribution in [3.05, 3.63) is 69.6 Å². The van der Waals surface area contributed by atoms with Crippen LogP contribution in [0, 0.1) is 17.1 Å². The molecule has 1 aliphatic carbocycles. The third-order valence-corrected chi connectivity index (χ3v) is 6.33. The molecule has 3 aromatic rings. The SMILES string of the molecule is COc1ccc(-c2c(C#N)c(N)[nH+]c3c2CCCCCC3)cc1COc1ccc(F)c(Cl)c1. The highest BCUT2D eigenvalue weighted by Crippen LogP contribution is 2.36. The molecule has 2 aromatic carbocycles. The summed E-state index contributed by atoms with van der Waals surface area (Å²) in [6.45, 7) is 0.192. The highest BCUT2D eigenvalue weighted by Gasteiger charge is 2.24. The Morgan fingerprint density at radius 2 is 1.91 bits per heavy atom. The van der Waals surface area contributed by atoms with Crippen LogP contribution in [-0.2, 0) is 19.4 Å². The third-order valence-electron chi connectivity index (χ3n) is 6.04. The van der Waals surface area contributed by atoms with Crippen molar-refractivity contribution in [2.24, 2.45) is 0 Å². The van der Waals surface area contributed by atoms with Crippen molar-refractivity contribution in [1.82, 2.24) is 0 Å². The molecule has 0 atom stereocenters. The van der Waals surface area contributed by atoms with Gasteiger partial charge in [-0.25, -0.2) is 9.37 Å². The summed E-state index contributed by atoms with van der Waals surface area (Å²) in [6.07, 6.45) is 6.33. The van der Waals surface area contributed by atoms with Crippen molar-refractivity contribution in [3.63, 3.8) is 0 Å². The van der Waals surface area contributed by atoms with Gasteiger partial charge in [0.2, 0.25) is 0 Å². The fourth-order valence-electron chi connectivity index (χ4n) is 4.39. The number of ether oxygens (including phenoxy) is 2. The van der Waals surface area contributed by atoms with Gasteiger partial charge in [-0.3, -0.25) is 5.73 Å². The number of nitrogens with two attached hydrogens (primary N) is 1. The van der Waals surface area contributed by atoms with Gasteiger partial charge in [0.25, 0.3) is 5.82 Å². The first-order valence-corrected chi connectivity index (χ1v) is 11.4. The summed E-state index contributed by atoms with van der Waals surface area (Å²) in [4.78, 5) is 3.28. The molecule has 0 radical (unpaired) electrons. The van der Waals surface area contributed by atoms with Crippen LogP contribution in [0.25, 0.3) is 11.1 Å². The maximum Gasteiger partial charge on any atom is 0.289 e. The number of aromatic nitrogens is 1. The standard InChI is InChI=1S/C26H25ClFN3O2/c1-32-24-11-8-16(12-17(24)15-33-18-9-10-22(28)21(27)13-18)25-19-6-4-2-3-5-7-23(19)31-26(30)20(25)14-29/h8-13H,2-7,15H2,1H3,(H2,30,31)/p+1. The molecule has 1 heterocycles. The molecular weight excluding hydrogens is 441 g/mol. The van der Waals surface area contributed by atoms with Crippen LogP contribution in [0.4, 0.5) is 10.2 Å². The summed E-state index contributed by atoms with van der Waals surface area (Å²) in [7, 11) is 1.60. The summed E-state index contributed by atoms with van der Waals surface area (Å²) in [5.41, 5.74) is 11.5. The highest BCUT2D eigenvalue weighted by atomic mass is 35.5. The molecule has 1 aliphatic rings. The zero-order chi connectivity index (χ0) is 23.4. The number of benzene rings is 2. The first-order valence-electron chi connectivity index (χ1n) is 11.0. The van der Waals surface area contributed by atoms with Crippen LogP contribution in [0.5, 0.6) is 11.5 Å². The molecule has 170 valence electrons. The number of anilines is 1. The molecular formula is C26H26ClFN3O2+. The number of nitriles is 1. The summed E-state index contributed by atoms with van der Waals surface area (Å²) in [5, 5.41) is 9.92. The predicted molar refractivity (Wildman–Crippen MR) is 126 cm³/mol. The Morgan fingerprint density at radius 3 is 2.64 bits per heavy atom. The van der Waals surface area contributed by atoms with Gasteiger partial charge in [-0.2, -0.15) is 5.26 Å². The van der Waals surface area contributed by atoms with E-state index in [-0.39, 0.29) is 11.6 Å². The molecule has 0 spiro atoms. The van der Waals surface area contributed by atoms with E-state index in [4.69, 9.17) is 26.8 Å². The smallest absolute Gasteiger partial charge is 0.289 e. The summed E-state index contributed by atoms with van der Waals surface area (Å²) in [5.74, 6) is 1.00. The van der Waals surface area contributed by atoms with Crippen LogP contribution in [-0.4, -0.2) is 7.11 Å². The second kappa shape index (κ2) is 10.1. The average Bonchev–Trinajstić information content (AvgIpc) is 2.80. The minimum absolute atomic E-state index is 0.00139. The quantitative estimate of drug-likeness (QED) is 0.525. The lowest BCUT2D eigenvalue weighted by molar-refractivity contribution is -0.374. The lowest BCUT2D eigenvalue weighted by atomic mass is 9.87. The number of nitrogens with zero attached hydrogens (tertiary/aromatic N) is 1. The maximum absolute atomic E-state index is 13.5. The maximum atomic E-state index is 13.5. The van der Waals surface area contributed by atoms with E-state index in [0.717, 1.165) is 53.6 Å². The minimum Gasteiger partial charge on any atom is -0.496 e. The van der Waals surface area contributed by atoms with Gasteiger partial charge in [0.1, 0.15) is 41.2 Å². The van der Waals surface area contributed by atoms with Crippen LogP contribution in [0.2, 0.25) is 5.02 Å². The van der Waals surface area contributed by atoms with E-state index in [2.05, 4.69) is 11.1 Å². The van der Waals surface area contributed by atoms with Gasteiger partial charge in [-0.1, -0.05) is 30.5 Å². The van der Waals surface area contributed by atoms with Crippen molar-refractivity contribution >= 4 is 17.4 Å². The number of halogens is 2. The van der Waals surface area contributed by atoms with Gasteiger partial charge in [0, 0.05) is 29.2 Å². The molecule has 5 nitrogen and oxygen atoms in total. The molecule has 0 bridgehead atoms. The molecule has 0 saturated carbocycles. The monoisotopic (exact) mass is 466 g/mol. The van der Waals surface area contributed by atoms with Crippen LogP contribution < -0.4 is 20.2 Å². The van der Waals surface area contributed by atoms with Gasteiger partial charge in [0.05, 0.1) is 12.1 Å². The van der Waals surface area contributed by atoms with Crippen molar-refractivity contribution in [3.8, 4) is 28.7 Å². The molecule has 4 rings (SSSR count). The average molecular weight is 467 g/mol. The summed E-state index contributed by atoms with van der Waals surface area (Å²) in [6, 6.07) is 12.3. The summed E-state index contributed by atoms with van der Waals surface area (Å²) < 4.78 is 24.9. The van der Waals surface area contributed by atoms with Gasteiger partial charge < -0.3 is 9.47 Å². The first kappa shape index (κ1) is 22.9. The van der Waals surface area contributed by atoms with Crippen molar-refractivity contribution < 1.29 is 18.8 Å². The number of pyridine rings is 1.